The van der Waals surface area contributed by atoms with Crippen LogP contribution in [0.1, 0.15) is 38.1 Å². The van der Waals surface area contributed by atoms with Crippen LogP contribution >= 0.6 is 0 Å². The number of phenolic OH excluding ortho intramolecular Hbond substituents is 1. The smallest absolute Gasteiger partial charge is 0.497 e. The van der Waals surface area contributed by atoms with Crippen molar-refractivity contribution in [2.75, 3.05) is 0 Å². The van der Waals surface area contributed by atoms with E-state index in [9.17, 15) is 14.3 Å². The highest BCUT2D eigenvalue weighted by molar-refractivity contribution is 6.62. The predicted octanol–water partition coefficient (Wildman–Crippen LogP) is 1.64. The van der Waals surface area contributed by atoms with Crippen molar-refractivity contribution in [1.82, 2.24) is 0 Å². The number of aldehydes is 1. The molecular formula is C13H16BFO4. The van der Waals surface area contributed by atoms with E-state index in [0.717, 1.165) is 0 Å². The Labute approximate surface area is 111 Å². The molecular weight excluding hydrogens is 250 g/mol. The van der Waals surface area contributed by atoms with Gasteiger partial charge < -0.3 is 14.4 Å². The number of carbonyl (C=O) groups excluding carboxylic acids is 1. The van der Waals surface area contributed by atoms with E-state index in [1.807, 2.05) is 27.7 Å². The minimum absolute atomic E-state index is 0.0850. The lowest BCUT2D eigenvalue weighted by Gasteiger charge is -2.32. The van der Waals surface area contributed by atoms with Crippen molar-refractivity contribution >= 4 is 18.9 Å². The molecule has 1 aromatic rings. The highest BCUT2D eigenvalue weighted by Crippen LogP contribution is 2.37. The fraction of sp³-hybridized carbons (Fsp3) is 0.462. The number of rotatable bonds is 2. The third kappa shape index (κ3) is 2.15. The maximum Gasteiger partial charge on any atom is 0.497 e. The summed E-state index contributed by atoms with van der Waals surface area (Å²) in [6.45, 7) is 7.41. The van der Waals surface area contributed by atoms with Gasteiger partial charge in [0.2, 0.25) is 0 Å². The number of carbonyl (C=O) groups is 1. The van der Waals surface area contributed by atoms with E-state index in [0.29, 0.717) is 6.29 Å². The van der Waals surface area contributed by atoms with Crippen LogP contribution < -0.4 is 5.46 Å². The first-order valence-electron chi connectivity index (χ1n) is 6.02. The van der Waals surface area contributed by atoms with Crippen LogP contribution in [0.2, 0.25) is 0 Å². The van der Waals surface area contributed by atoms with E-state index in [2.05, 4.69) is 0 Å². The van der Waals surface area contributed by atoms with Crippen LogP contribution in [0.5, 0.6) is 5.75 Å². The van der Waals surface area contributed by atoms with Crippen molar-refractivity contribution in [3.8, 4) is 5.75 Å². The second-order valence-electron chi connectivity index (χ2n) is 5.61. The summed E-state index contributed by atoms with van der Waals surface area (Å²) in [5.41, 5.74) is -1.20. The zero-order valence-electron chi connectivity index (χ0n) is 11.4. The SMILES string of the molecule is CC1(C)OB(c2ccc(C=O)c(O)c2F)OC1(C)C. The van der Waals surface area contributed by atoms with Gasteiger partial charge in [0, 0.05) is 5.46 Å². The Morgan fingerprint density at radius 2 is 1.74 bits per heavy atom. The van der Waals surface area contributed by atoms with Gasteiger partial charge in [-0.05, 0) is 33.8 Å². The van der Waals surface area contributed by atoms with E-state index in [1.54, 1.807) is 0 Å². The molecule has 0 bridgehead atoms. The maximum atomic E-state index is 14.0. The Kier molecular flexibility index (Phi) is 3.19. The van der Waals surface area contributed by atoms with Crippen molar-refractivity contribution in [3.05, 3.63) is 23.5 Å². The Morgan fingerprint density at radius 3 is 2.21 bits per heavy atom. The second kappa shape index (κ2) is 4.32. The molecule has 19 heavy (non-hydrogen) atoms. The molecule has 2 rings (SSSR count). The van der Waals surface area contributed by atoms with E-state index in [1.165, 1.54) is 12.1 Å². The van der Waals surface area contributed by atoms with Gasteiger partial charge in [-0.25, -0.2) is 4.39 Å². The van der Waals surface area contributed by atoms with Crippen molar-refractivity contribution in [2.24, 2.45) is 0 Å². The first-order chi connectivity index (χ1) is 8.69. The Morgan fingerprint density at radius 1 is 1.21 bits per heavy atom. The van der Waals surface area contributed by atoms with Gasteiger partial charge in [-0.3, -0.25) is 4.79 Å². The average Bonchev–Trinajstić information content (AvgIpc) is 2.51. The molecule has 6 heteroatoms. The highest BCUT2D eigenvalue weighted by Gasteiger charge is 2.52. The fourth-order valence-corrected chi connectivity index (χ4v) is 1.84. The third-order valence-electron chi connectivity index (χ3n) is 3.81. The number of halogens is 1. The van der Waals surface area contributed by atoms with Gasteiger partial charge >= 0.3 is 7.12 Å². The van der Waals surface area contributed by atoms with Crippen LogP contribution in [-0.2, 0) is 9.31 Å². The summed E-state index contributed by atoms with van der Waals surface area (Å²) in [5.74, 6) is -1.56. The van der Waals surface area contributed by atoms with Crippen molar-refractivity contribution in [3.63, 3.8) is 0 Å². The third-order valence-corrected chi connectivity index (χ3v) is 3.81. The molecule has 102 valence electrons. The quantitative estimate of drug-likeness (QED) is 0.653. The Balaban J connectivity index is 2.41. The normalized spacial score (nSPS) is 20.6. The van der Waals surface area contributed by atoms with Crippen LogP contribution in [0.4, 0.5) is 4.39 Å². The van der Waals surface area contributed by atoms with Crippen molar-refractivity contribution in [2.45, 2.75) is 38.9 Å². The van der Waals surface area contributed by atoms with Crippen LogP contribution in [0.3, 0.4) is 0 Å². The molecule has 0 aromatic heterocycles. The molecule has 0 saturated carbocycles. The summed E-state index contributed by atoms with van der Waals surface area (Å²) in [4.78, 5) is 10.6. The molecule has 1 saturated heterocycles. The Bertz CT molecular complexity index is 512. The molecule has 1 aliphatic heterocycles. The van der Waals surface area contributed by atoms with Crippen LogP contribution in [-0.4, -0.2) is 29.7 Å². The summed E-state index contributed by atoms with van der Waals surface area (Å²) in [6, 6.07) is 2.73. The zero-order valence-corrected chi connectivity index (χ0v) is 11.4. The molecule has 1 aromatic carbocycles. The summed E-state index contributed by atoms with van der Waals surface area (Å²) >= 11 is 0. The van der Waals surface area contributed by atoms with E-state index in [-0.39, 0.29) is 11.0 Å². The monoisotopic (exact) mass is 266 g/mol. The molecule has 0 amide bonds. The molecule has 0 unspecified atom stereocenters. The van der Waals surface area contributed by atoms with Crippen LogP contribution in [0.25, 0.3) is 0 Å². The number of phenols is 1. The zero-order chi connectivity index (χ0) is 14.4. The number of hydrogen-bond donors (Lipinski definition) is 1. The molecule has 0 spiro atoms. The summed E-state index contributed by atoms with van der Waals surface area (Å²) in [7, 11) is -0.906. The fourth-order valence-electron chi connectivity index (χ4n) is 1.84. The molecule has 4 nitrogen and oxygen atoms in total. The molecule has 1 heterocycles. The molecule has 0 aliphatic carbocycles. The minimum Gasteiger partial charge on any atom is -0.504 e. The van der Waals surface area contributed by atoms with Gasteiger partial charge in [-0.2, -0.15) is 0 Å². The number of benzene rings is 1. The van der Waals surface area contributed by atoms with Crippen molar-refractivity contribution in [1.29, 1.82) is 0 Å². The molecule has 1 fully saturated rings. The van der Waals surface area contributed by atoms with Gasteiger partial charge in [0.05, 0.1) is 16.8 Å². The van der Waals surface area contributed by atoms with Gasteiger partial charge in [-0.15, -0.1) is 0 Å². The van der Waals surface area contributed by atoms with Gasteiger partial charge in [0.25, 0.3) is 0 Å². The molecule has 1 N–H and O–H groups in total. The van der Waals surface area contributed by atoms with Crippen LogP contribution in [0.15, 0.2) is 12.1 Å². The molecule has 0 radical (unpaired) electrons. The lowest BCUT2D eigenvalue weighted by molar-refractivity contribution is 0.00578. The van der Waals surface area contributed by atoms with Crippen LogP contribution in [0, 0.1) is 5.82 Å². The Hall–Kier alpha value is -1.40. The first kappa shape index (κ1) is 14.0. The maximum absolute atomic E-state index is 14.0. The van der Waals surface area contributed by atoms with E-state index < -0.39 is 29.9 Å². The summed E-state index contributed by atoms with van der Waals surface area (Å²) in [6.07, 6.45) is 0.395. The molecule has 1 aliphatic rings. The standard InChI is InChI=1S/C13H16BFO4/c1-12(2)13(3,4)19-14(18-12)9-6-5-8(7-16)11(17)10(9)15/h5-7,17H,1-4H3. The molecule has 0 atom stereocenters. The average molecular weight is 266 g/mol. The number of hydrogen-bond acceptors (Lipinski definition) is 4. The minimum atomic E-state index is -0.906. The summed E-state index contributed by atoms with van der Waals surface area (Å²) in [5, 5.41) is 9.58. The lowest BCUT2D eigenvalue weighted by Crippen LogP contribution is -2.41. The largest absolute Gasteiger partial charge is 0.504 e. The topological polar surface area (TPSA) is 55.8 Å². The highest BCUT2D eigenvalue weighted by atomic mass is 19.1. The van der Waals surface area contributed by atoms with Crippen molar-refractivity contribution < 1.29 is 23.6 Å². The van der Waals surface area contributed by atoms with E-state index >= 15 is 0 Å². The lowest BCUT2D eigenvalue weighted by atomic mass is 9.78. The summed E-state index contributed by atoms with van der Waals surface area (Å²) < 4.78 is 25.4. The van der Waals surface area contributed by atoms with Gasteiger partial charge in [0.1, 0.15) is 0 Å². The predicted molar refractivity (Wildman–Crippen MR) is 69.2 cm³/mol. The van der Waals surface area contributed by atoms with Gasteiger partial charge in [0.15, 0.2) is 17.9 Å². The van der Waals surface area contributed by atoms with Gasteiger partial charge in [-0.1, -0.05) is 6.07 Å². The first-order valence-corrected chi connectivity index (χ1v) is 6.02. The second-order valence-corrected chi connectivity index (χ2v) is 5.61. The van der Waals surface area contributed by atoms with E-state index in [4.69, 9.17) is 9.31 Å². The number of aromatic hydroxyl groups is 1.